The topological polar surface area (TPSA) is 105 Å². The summed E-state index contributed by atoms with van der Waals surface area (Å²) < 4.78 is 43.1. The molecule has 2 saturated carbocycles. The summed E-state index contributed by atoms with van der Waals surface area (Å²) in [4.78, 5) is 17.7. The van der Waals surface area contributed by atoms with Crippen molar-refractivity contribution in [2.45, 2.75) is 57.1 Å². The summed E-state index contributed by atoms with van der Waals surface area (Å²) in [5.74, 6) is -0.417. The molecule has 3 N–H and O–H groups in total. The second-order valence-electron chi connectivity index (χ2n) is 10.3. The molecule has 37 heavy (non-hydrogen) atoms. The fourth-order valence-electron chi connectivity index (χ4n) is 6.21. The number of imidazole rings is 1. The molecule has 1 aromatic carbocycles. The number of carbonyl (C=O) groups excluding carboxylic acids is 1. The Labute approximate surface area is 212 Å². The molecular formula is C26H30F3N5O3. The van der Waals surface area contributed by atoms with E-state index in [9.17, 15) is 28.2 Å². The van der Waals surface area contributed by atoms with Gasteiger partial charge in [0.25, 0.3) is 12.3 Å². The van der Waals surface area contributed by atoms with Crippen molar-refractivity contribution in [3.8, 4) is 0 Å². The maximum Gasteiger partial charge on any atom is 0.282 e. The molecule has 0 radical (unpaired) electrons. The molecule has 2 heterocycles. The highest BCUT2D eigenvalue weighted by Crippen LogP contribution is 2.57. The van der Waals surface area contributed by atoms with Gasteiger partial charge >= 0.3 is 0 Å². The number of hydrogen-bond donors (Lipinski definition) is 3. The Bertz CT molecular complexity index is 1310. The number of aliphatic hydroxyl groups excluding tert-OH is 1. The van der Waals surface area contributed by atoms with Gasteiger partial charge in [0.2, 0.25) is 0 Å². The van der Waals surface area contributed by atoms with E-state index in [-0.39, 0.29) is 42.6 Å². The van der Waals surface area contributed by atoms with Crippen molar-refractivity contribution in [1.29, 1.82) is 0 Å². The molecule has 2 fully saturated rings. The molecule has 2 unspecified atom stereocenters. The van der Waals surface area contributed by atoms with Crippen molar-refractivity contribution in [3.05, 3.63) is 64.7 Å². The number of halogens is 3. The summed E-state index contributed by atoms with van der Waals surface area (Å²) >= 11 is 0. The van der Waals surface area contributed by atoms with Gasteiger partial charge in [-0.1, -0.05) is 0 Å². The van der Waals surface area contributed by atoms with Crippen LogP contribution in [-0.2, 0) is 19.2 Å². The second-order valence-corrected chi connectivity index (χ2v) is 10.3. The average molecular weight is 518 g/mol. The Kier molecular flexibility index (Phi) is 6.61. The third-order valence-corrected chi connectivity index (χ3v) is 7.83. The molecule has 1 amide bonds. The van der Waals surface area contributed by atoms with Gasteiger partial charge in [0.15, 0.2) is 0 Å². The lowest BCUT2D eigenvalue weighted by atomic mass is 9.90. The van der Waals surface area contributed by atoms with E-state index in [2.05, 4.69) is 15.4 Å². The number of hydrogen-bond acceptors (Lipinski definition) is 5. The van der Waals surface area contributed by atoms with Gasteiger partial charge in [-0.05, 0) is 74.3 Å². The van der Waals surface area contributed by atoms with E-state index in [1.54, 1.807) is 30.9 Å². The number of fused-ring (bicyclic) bond motifs is 1. The lowest BCUT2D eigenvalue weighted by molar-refractivity contribution is 0.0245. The van der Waals surface area contributed by atoms with E-state index in [1.807, 2.05) is 0 Å². The minimum absolute atomic E-state index is 0.00966. The molecule has 0 aliphatic heterocycles. The van der Waals surface area contributed by atoms with E-state index < -0.39 is 17.7 Å². The van der Waals surface area contributed by atoms with Gasteiger partial charge in [0.1, 0.15) is 22.8 Å². The highest BCUT2D eigenvalue weighted by atomic mass is 19.3. The number of alkyl halides is 2. The van der Waals surface area contributed by atoms with Crippen LogP contribution >= 0.6 is 0 Å². The largest absolute Gasteiger partial charge is 0.394 e. The van der Waals surface area contributed by atoms with Crippen molar-refractivity contribution in [1.82, 2.24) is 19.3 Å². The van der Waals surface area contributed by atoms with Crippen LogP contribution in [0.25, 0.3) is 0 Å². The minimum Gasteiger partial charge on any atom is -0.394 e. The summed E-state index contributed by atoms with van der Waals surface area (Å²) in [6.07, 6.45) is 1.02. The third kappa shape index (κ3) is 4.66. The predicted molar refractivity (Wildman–Crippen MR) is 129 cm³/mol. The summed E-state index contributed by atoms with van der Waals surface area (Å²) in [6, 6.07) is 5.64. The van der Waals surface area contributed by atoms with E-state index >= 15 is 0 Å². The fraction of sp³-hybridized carbons (Fsp3) is 0.500. The summed E-state index contributed by atoms with van der Waals surface area (Å²) in [6.45, 7) is 1.39. The number of nitrogens with zero attached hydrogens (tertiary/aromatic N) is 4. The zero-order chi connectivity index (χ0) is 26.5. The Morgan fingerprint density at radius 1 is 1.24 bits per heavy atom. The van der Waals surface area contributed by atoms with Crippen LogP contribution < -0.4 is 5.32 Å². The molecule has 2 atom stereocenters. The molecule has 8 nitrogen and oxygen atoms in total. The number of aromatic nitrogens is 4. The average Bonchev–Trinajstić information content (AvgIpc) is 3.58. The standard InChI is InChI=1S/C26H30F3N5O3/c1-14-7-18(3-4-19(14)27)31-25(36)23-22(30-13-33(23)2)15-8-16-11-26(37,12-17(16)9-15)21-10-20(24(28)29)32-34(21)5-6-35/h3-4,7,10,13,15-17,24,35,37H,5-6,8-9,11-12H2,1-2H3,(H,31,36). The van der Waals surface area contributed by atoms with Gasteiger partial charge in [-0.15, -0.1) is 0 Å². The van der Waals surface area contributed by atoms with Crippen LogP contribution in [-0.4, -0.2) is 42.1 Å². The van der Waals surface area contributed by atoms with Crippen LogP contribution in [0.3, 0.4) is 0 Å². The Morgan fingerprint density at radius 2 is 1.95 bits per heavy atom. The predicted octanol–water partition coefficient (Wildman–Crippen LogP) is 4.04. The van der Waals surface area contributed by atoms with Crippen molar-refractivity contribution >= 4 is 11.6 Å². The van der Waals surface area contributed by atoms with Crippen molar-refractivity contribution < 1.29 is 28.2 Å². The molecule has 3 aromatic rings. The van der Waals surface area contributed by atoms with E-state index in [0.717, 1.165) is 0 Å². The normalized spacial score (nSPS) is 25.1. The van der Waals surface area contributed by atoms with Gasteiger partial charge in [-0.2, -0.15) is 5.10 Å². The van der Waals surface area contributed by atoms with Crippen LogP contribution in [0.2, 0.25) is 0 Å². The quantitative estimate of drug-likeness (QED) is 0.439. The van der Waals surface area contributed by atoms with Crippen molar-refractivity contribution in [2.75, 3.05) is 11.9 Å². The monoisotopic (exact) mass is 517 g/mol. The van der Waals surface area contributed by atoms with E-state index in [1.165, 1.54) is 22.9 Å². The molecule has 2 aliphatic carbocycles. The van der Waals surface area contributed by atoms with Crippen molar-refractivity contribution in [3.63, 3.8) is 0 Å². The van der Waals surface area contributed by atoms with E-state index in [0.29, 0.717) is 54.0 Å². The fourth-order valence-corrected chi connectivity index (χ4v) is 6.21. The molecule has 5 rings (SSSR count). The SMILES string of the molecule is Cc1cc(NC(=O)c2c(C3CC4CC(O)(c5cc(C(F)F)nn5CCO)CC4C3)ncn2C)ccc1F. The molecule has 0 saturated heterocycles. The summed E-state index contributed by atoms with van der Waals surface area (Å²) in [7, 11) is 1.75. The van der Waals surface area contributed by atoms with Crippen LogP contribution in [0.15, 0.2) is 30.6 Å². The number of carbonyl (C=O) groups is 1. The molecule has 0 bridgehead atoms. The first kappa shape index (κ1) is 25.5. The first-order chi connectivity index (χ1) is 17.6. The molecule has 198 valence electrons. The lowest BCUT2D eigenvalue weighted by Gasteiger charge is -2.25. The van der Waals surface area contributed by atoms with Crippen LogP contribution in [0.1, 0.15) is 71.2 Å². The number of aliphatic hydroxyl groups is 2. The number of rotatable bonds is 7. The Hall–Kier alpha value is -3.18. The number of benzene rings is 1. The zero-order valence-corrected chi connectivity index (χ0v) is 20.7. The second kappa shape index (κ2) is 9.60. The molecule has 2 aliphatic rings. The van der Waals surface area contributed by atoms with Crippen molar-refractivity contribution in [2.24, 2.45) is 18.9 Å². The van der Waals surface area contributed by atoms with E-state index in [4.69, 9.17) is 0 Å². The number of aryl methyl sites for hydroxylation is 2. The van der Waals surface area contributed by atoms with Gasteiger partial charge < -0.3 is 20.1 Å². The van der Waals surface area contributed by atoms with Crippen LogP contribution in [0, 0.1) is 24.6 Å². The maximum atomic E-state index is 13.6. The number of nitrogens with one attached hydrogen (secondary N) is 1. The Balaban J connectivity index is 1.33. The molecular weight excluding hydrogens is 487 g/mol. The first-order valence-corrected chi connectivity index (χ1v) is 12.4. The van der Waals surface area contributed by atoms with Crippen LogP contribution in [0.5, 0.6) is 0 Å². The smallest absolute Gasteiger partial charge is 0.282 e. The summed E-state index contributed by atoms with van der Waals surface area (Å²) in [5.41, 5.74) is 0.641. The van der Waals surface area contributed by atoms with Crippen LogP contribution in [0.4, 0.5) is 18.9 Å². The Morgan fingerprint density at radius 3 is 2.57 bits per heavy atom. The number of amides is 1. The zero-order valence-electron chi connectivity index (χ0n) is 20.7. The highest BCUT2D eigenvalue weighted by Gasteiger charge is 2.52. The minimum atomic E-state index is -2.76. The highest BCUT2D eigenvalue weighted by molar-refractivity contribution is 6.04. The molecule has 11 heteroatoms. The van der Waals surface area contributed by atoms with Gasteiger partial charge in [-0.3, -0.25) is 9.48 Å². The first-order valence-electron chi connectivity index (χ1n) is 12.4. The molecule has 2 aromatic heterocycles. The lowest BCUT2D eigenvalue weighted by Crippen LogP contribution is -2.28. The third-order valence-electron chi connectivity index (χ3n) is 7.83. The molecule has 0 spiro atoms. The van der Waals surface area contributed by atoms with Gasteiger partial charge in [0, 0.05) is 18.7 Å². The van der Waals surface area contributed by atoms with Gasteiger partial charge in [0.05, 0.1) is 30.9 Å². The van der Waals surface area contributed by atoms with Gasteiger partial charge in [-0.25, -0.2) is 18.2 Å². The maximum absolute atomic E-state index is 13.6. The summed E-state index contributed by atoms with van der Waals surface area (Å²) in [5, 5.41) is 27.6. The number of anilines is 1.